The fraction of sp³-hybridized carbons (Fsp3) is 0.550. The van der Waals surface area contributed by atoms with Gasteiger partial charge < -0.3 is 15.2 Å². The summed E-state index contributed by atoms with van der Waals surface area (Å²) in [5, 5.41) is 11.2. The first-order valence-corrected chi connectivity index (χ1v) is 9.56. The van der Waals surface area contributed by atoms with Gasteiger partial charge in [0.1, 0.15) is 5.69 Å². The fourth-order valence-electron chi connectivity index (χ4n) is 4.65. The summed E-state index contributed by atoms with van der Waals surface area (Å²) in [4.78, 5) is 24.4. The lowest BCUT2D eigenvalue weighted by molar-refractivity contribution is -0.127. The quantitative estimate of drug-likeness (QED) is 0.883. The van der Waals surface area contributed by atoms with E-state index in [-0.39, 0.29) is 30.3 Å². The molecule has 0 spiro atoms. The average Bonchev–Trinajstić information content (AvgIpc) is 3.03. The molecule has 26 heavy (non-hydrogen) atoms. The zero-order valence-corrected chi connectivity index (χ0v) is 15.0. The molecule has 2 heterocycles. The van der Waals surface area contributed by atoms with Crippen LogP contribution in [0.3, 0.4) is 0 Å². The van der Waals surface area contributed by atoms with Crippen LogP contribution in [0.2, 0.25) is 0 Å². The van der Waals surface area contributed by atoms with E-state index in [0.717, 1.165) is 31.1 Å². The van der Waals surface area contributed by atoms with Crippen LogP contribution in [0.15, 0.2) is 28.8 Å². The highest BCUT2D eigenvalue weighted by atomic mass is 16.5. The van der Waals surface area contributed by atoms with E-state index in [1.165, 1.54) is 0 Å². The van der Waals surface area contributed by atoms with Crippen LogP contribution >= 0.6 is 0 Å². The Morgan fingerprint density at radius 3 is 3.04 bits per heavy atom. The number of aromatic nitrogens is 1. The van der Waals surface area contributed by atoms with E-state index in [2.05, 4.69) is 22.7 Å². The number of nitrogens with zero attached hydrogens (tertiary/aromatic N) is 1. The van der Waals surface area contributed by atoms with Crippen molar-refractivity contribution in [2.45, 2.75) is 57.5 Å². The van der Waals surface area contributed by atoms with Crippen LogP contribution < -0.4 is 10.6 Å². The molecule has 1 aliphatic carbocycles. The summed E-state index contributed by atoms with van der Waals surface area (Å²) in [6, 6.07) is 7.87. The topological polar surface area (TPSA) is 84.2 Å². The smallest absolute Gasteiger partial charge is 0.226 e. The molecule has 6 heteroatoms. The third-order valence-corrected chi connectivity index (χ3v) is 5.97. The Balaban J connectivity index is 1.37. The van der Waals surface area contributed by atoms with Crippen molar-refractivity contribution in [3.63, 3.8) is 0 Å². The minimum Gasteiger partial charge on any atom is -0.356 e. The molecule has 2 fully saturated rings. The van der Waals surface area contributed by atoms with E-state index >= 15 is 0 Å². The number of hydrogen-bond donors (Lipinski definition) is 2. The number of carbonyl (C=O) groups excluding carboxylic acids is 2. The number of hydrogen-bond acceptors (Lipinski definition) is 4. The summed E-state index contributed by atoms with van der Waals surface area (Å²) >= 11 is 0. The monoisotopic (exact) mass is 355 g/mol. The first-order chi connectivity index (χ1) is 12.6. The number of carbonyl (C=O) groups is 2. The number of fused-ring (bicyclic) bond motifs is 2. The molecule has 1 saturated carbocycles. The van der Waals surface area contributed by atoms with Crippen molar-refractivity contribution < 1.29 is 14.1 Å². The summed E-state index contributed by atoms with van der Waals surface area (Å²) in [5.74, 6) is 1.14. The lowest BCUT2D eigenvalue weighted by Crippen LogP contribution is -2.55. The molecular formula is C20H25N3O3. The van der Waals surface area contributed by atoms with Gasteiger partial charge in [-0.2, -0.15) is 0 Å². The molecular weight excluding hydrogens is 330 g/mol. The second-order valence-corrected chi connectivity index (χ2v) is 7.59. The Hall–Kier alpha value is -2.37. The van der Waals surface area contributed by atoms with Gasteiger partial charge in [-0.3, -0.25) is 9.59 Å². The van der Waals surface area contributed by atoms with E-state index in [1.54, 1.807) is 0 Å². The molecule has 1 saturated heterocycles. The molecule has 4 atom stereocenters. The molecule has 138 valence electrons. The van der Waals surface area contributed by atoms with E-state index in [4.69, 9.17) is 4.52 Å². The van der Waals surface area contributed by atoms with Gasteiger partial charge in [0.25, 0.3) is 0 Å². The molecule has 1 aromatic carbocycles. The third kappa shape index (κ3) is 3.32. The van der Waals surface area contributed by atoms with Gasteiger partial charge in [-0.1, -0.05) is 30.6 Å². The molecule has 2 N–H and O–H groups in total. The van der Waals surface area contributed by atoms with Gasteiger partial charge >= 0.3 is 0 Å². The molecule has 1 aromatic heterocycles. The van der Waals surface area contributed by atoms with Crippen molar-refractivity contribution in [3.8, 4) is 0 Å². The number of rotatable bonds is 4. The average molecular weight is 355 g/mol. The van der Waals surface area contributed by atoms with E-state index in [9.17, 15) is 9.59 Å². The SMILES string of the molecule is CCC1CC(=O)NC2CC(NC(=O)Cc3noc4ccccc34)CCC12. The predicted octanol–water partition coefficient (Wildman–Crippen LogP) is 2.57. The Bertz CT molecular complexity index is 815. The van der Waals surface area contributed by atoms with E-state index < -0.39 is 0 Å². The van der Waals surface area contributed by atoms with Gasteiger partial charge in [-0.25, -0.2) is 0 Å². The fourth-order valence-corrected chi connectivity index (χ4v) is 4.65. The lowest BCUT2D eigenvalue weighted by Gasteiger charge is -2.44. The number of nitrogens with one attached hydrogen (secondary N) is 2. The van der Waals surface area contributed by atoms with Crippen LogP contribution in [-0.2, 0) is 16.0 Å². The Morgan fingerprint density at radius 1 is 1.35 bits per heavy atom. The largest absolute Gasteiger partial charge is 0.356 e. The first kappa shape index (κ1) is 17.1. The minimum atomic E-state index is -0.0401. The maximum Gasteiger partial charge on any atom is 0.226 e. The van der Waals surface area contributed by atoms with Gasteiger partial charge in [0, 0.05) is 23.9 Å². The molecule has 2 amide bonds. The Labute approximate surface area is 152 Å². The van der Waals surface area contributed by atoms with Crippen molar-refractivity contribution in [1.82, 2.24) is 15.8 Å². The molecule has 2 aliphatic rings. The second-order valence-electron chi connectivity index (χ2n) is 7.59. The highest BCUT2D eigenvalue weighted by Crippen LogP contribution is 2.37. The number of benzene rings is 1. The summed E-state index contributed by atoms with van der Waals surface area (Å²) in [6.07, 6.45) is 4.75. The summed E-state index contributed by atoms with van der Waals surface area (Å²) in [5.41, 5.74) is 1.37. The number of amides is 2. The van der Waals surface area contributed by atoms with Gasteiger partial charge in [-0.05, 0) is 43.2 Å². The van der Waals surface area contributed by atoms with Crippen LogP contribution in [0, 0.1) is 11.8 Å². The van der Waals surface area contributed by atoms with Gasteiger partial charge in [0.05, 0.1) is 6.42 Å². The normalized spacial score (nSPS) is 28.4. The zero-order valence-electron chi connectivity index (χ0n) is 15.0. The standard InChI is InChI=1S/C20H25N3O3/c1-2-12-9-19(24)22-16-10-13(7-8-14(12)16)21-20(25)11-17-15-5-3-4-6-18(15)26-23-17/h3-6,12-14,16H,2,7-11H2,1H3,(H,21,25)(H,22,24). The molecule has 0 bridgehead atoms. The van der Waals surface area contributed by atoms with E-state index in [1.807, 2.05) is 24.3 Å². The number of para-hydroxylation sites is 1. The molecule has 6 nitrogen and oxygen atoms in total. The molecule has 2 aromatic rings. The van der Waals surface area contributed by atoms with Crippen LogP contribution in [0.1, 0.15) is 44.7 Å². The van der Waals surface area contributed by atoms with Gasteiger partial charge in [0.2, 0.25) is 11.8 Å². The van der Waals surface area contributed by atoms with Crippen LogP contribution in [-0.4, -0.2) is 29.1 Å². The maximum absolute atomic E-state index is 12.5. The van der Waals surface area contributed by atoms with Crippen LogP contribution in [0.5, 0.6) is 0 Å². The first-order valence-electron chi connectivity index (χ1n) is 9.56. The van der Waals surface area contributed by atoms with Gasteiger partial charge in [-0.15, -0.1) is 0 Å². The van der Waals surface area contributed by atoms with Gasteiger partial charge in [0.15, 0.2) is 5.58 Å². The molecule has 1 aliphatic heterocycles. The maximum atomic E-state index is 12.5. The molecule has 0 radical (unpaired) electrons. The Morgan fingerprint density at radius 2 is 2.19 bits per heavy atom. The zero-order chi connectivity index (χ0) is 18.1. The van der Waals surface area contributed by atoms with Crippen molar-refractivity contribution in [2.24, 2.45) is 11.8 Å². The van der Waals surface area contributed by atoms with Crippen molar-refractivity contribution >= 4 is 22.8 Å². The highest BCUT2D eigenvalue weighted by Gasteiger charge is 2.40. The van der Waals surface area contributed by atoms with Crippen LogP contribution in [0.25, 0.3) is 11.0 Å². The number of piperidine rings is 1. The summed E-state index contributed by atoms with van der Waals surface area (Å²) in [6.45, 7) is 2.16. The lowest BCUT2D eigenvalue weighted by atomic mass is 9.70. The van der Waals surface area contributed by atoms with Crippen molar-refractivity contribution in [1.29, 1.82) is 0 Å². The third-order valence-electron chi connectivity index (χ3n) is 5.97. The molecule has 4 rings (SSSR count). The van der Waals surface area contributed by atoms with E-state index in [0.29, 0.717) is 29.5 Å². The minimum absolute atomic E-state index is 0.0401. The summed E-state index contributed by atoms with van der Waals surface area (Å²) in [7, 11) is 0. The second kappa shape index (κ2) is 7.09. The predicted molar refractivity (Wildman–Crippen MR) is 97.3 cm³/mol. The van der Waals surface area contributed by atoms with Crippen molar-refractivity contribution in [3.05, 3.63) is 30.0 Å². The summed E-state index contributed by atoms with van der Waals surface area (Å²) < 4.78 is 5.27. The highest BCUT2D eigenvalue weighted by molar-refractivity contribution is 5.86. The van der Waals surface area contributed by atoms with Crippen LogP contribution in [0.4, 0.5) is 0 Å². The Kier molecular flexibility index (Phi) is 4.66. The van der Waals surface area contributed by atoms with Crippen molar-refractivity contribution in [2.75, 3.05) is 0 Å². The molecule has 4 unspecified atom stereocenters.